The van der Waals surface area contributed by atoms with E-state index in [1.165, 1.54) is 6.42 Å². The molecule has 1 atom stereocenters. The third kappa shape index (κ3) is 0.805. The molecule has 2 N–H and O–H groups in total. The minimum absolute atomic E-state index is 0.0370. The summed E-state index contributed by atoms with van der Waals surface area (Å²) in [6.45, 7) is 1.12. The highest BCUT2D eigenvalue weighted by Crippen LogP contribution is 2.37. The molecule has 0 aromatic rings. The van der Waals surface area contributed by atoms with E-state index in [-0.39, 0.29) is 5.54 Å². The number of hydrogen-bond acceptors (Lipinski definition) is 2. The summed E-state index contributed by atoms with van der Waals surface area (Å²) in [5.74, 6) is 0. The van der Waals surface area contributed by atoms with Crippen LogP contribution in [0.5, 0.6) is 0 Å². The van der Waals surface area contributed by atoms with Gasteiger partial charge in [-0.15, -0.1) is 0 Å². The van der Waals surface area contributed by atoms with Gasteiger partial charge in [-0.2, -0.15) is 0 Å². The number of hydrogen-bond donors (Lipinski definition) is 1. The van der Waals surface area contributed by atoms with Crippen molar-refractivity contribution in [3.63, 3.8) is 0 Å². The van der Waals surface area contributed by atoms with Gasteiger partial charge in [-0.25, -0.2) is 0 Å². The van der Waals surface area contributed by atoms with Gasteiger partial charge in [0.15, 0.2) is 0 Å². The molecule has 0 aromatic heterocycles. The Balaban J connectivity index is 2.30. The molecule has 1 saturated heterocycles. The van der Waals surface area contributed by atoms with E-state index < -0.39 is 0 Å². The Kier molecular flexibility index (Phi) is 1.42. The van der Waals surface area contributed by atoms with E-state index in [2.05, 4.69) is 17.2 Å². The van der Waals surface area contributed by atoms with Crippen molar-refractivity contribution in [1.82, 2.24) is 4.90 Å². The van der Waals surface area contributed by atoms with E-state index in [0.717, 1.165) is 19.4 Å². The third-order valence-corrected chi connectivity index (χ3v) is 3.12. The van der Waals surface area contributed by atoms with Crippen molar-refractivity contribution in [3.8, 4) is 0 Å². The number of rotatable bonds is 1. The number of thiocarbonyl (C=S) groups is 1. The van der Waals surface area contributed by atoms with Crippen LogP contribution in [0.4, 0.5) is 0 Å². The van der Waals surface area contributed by atoms with Crippen molar-refractivity contribution in [2.24, 2.45) is 5.73 Å². The van der Waals surface area contributed by atoms with Gasteiger partial charge in [0, 0.05) is 6.54 Å². The molecule has 1 fully saturated rings. The predicted octanol–water partition coefficient (Wildman–Crippen LogP) is 1.02. The zero-order valence-electron chi connectivity index (χ0n) is 6.42. The second-order valence-electron chi connectivity index (χ2n) is 3.28. The zero-order valence-corrected chi connectivity index (χ0v) is 7.23. The first-order valence-corrected chi connectivity index (χ1v) is 4.40. The van der Waals surface area contributed by atoms with E-state index in [9.17, 15) is 0 Å². The van der Waals surface area contributed by atoms with Crippen LogP contribution in [-0.2, 0) is 0 Å². The molecule has 3 heteroatoms. The molecule has 0 radical (unpaired) electrons. The van der Waals surface area contributed by atoms with Gasteiger partial charge in [-0.05, 0) is 25.5 Å². The van der Waals surface area contributed by atoms with E-state index >= 15 is 0 Å². The van der Waals surface area contributed by atoms with Gasteiger partial charge in [0.2, 0.25) is 0 Å². The molecule has 0 aromatic carbocycles. The first-order chi connectivity index (χ1) is 5.26. The molecule has 11 heavy (non-hydrogen) atoms. The third-order valence-electron chi connectivity index (χ3n) is 2.74. The molecule has 60 valence electrons. The molecule has 2 rings (SSSR count). The van der Waals surface area contributed by atoms with Crippen molar-refractivity contribution in [2.75, 3.05) is 6.54 Å². The molecule has 0 amide bonds. The van der Waals surface area contributed by atoms with Crippen molar-refractivity contribution in [3.05, 3.63) is 12.3 Å². The monoisotopic (exact) mass is 168 g/mol. The Labute approximate surface area is 72.1 Å². The quantitative estimate of drug-likeness (QED) is 0.593. The van der Waals surface area contributed by atoms with Gasteiger partial charge in [0.05, 0.1) is 10.5 Å². The van der Waals surface area contributed by atoms with Crippen LogP contribution in [0.25, 0.3) is 0 Å². The molecule has 2 nitrogen and oxygen atoms in total. The lowest BCUT2D eigenvalue weighted by molar-refractivity contribution is 0.315. The molecule has 2 aliphatic rings. The van der Waals surface area contributed by atoms with Crippen molar-refractivity contribution in [1.29, 1.82) is 0 Å². The lowest BCUT2D eigenvalue weighted by atomic mass is 9.94. The summed E-state index contributed by atoms with van der Waals surface area (Å²) in [7, 11) is 0. The van der Waals surface area contributed by atoms with Crippen LogP contribution in [0.1, 0.15) is 19.3 Å². The highest BCUT2D eigenvalue weighted by Gasteiger charge is 2.43. The van der Waals surface area contributed by atoms with Gasteiger partial charge < -0.3 is 10.6 Å². The second-order valence-corrected chi connectivity index (χ2v) is 3.72. The minimum Gasteiger partial charge on any atom is -0.391 e. The average Bonchev–Trinajstić information content (AvgIpc) is 2.40. The molecular weight excluding hydrogens is 156 g/mol. The van der Waals surface area contributed by atoms with Gasteiger partial charge in [-0.3, -0.25) is 0 Å². The standard InChI is InChI=1S/C8H12N2S/c9-7(11)8-3-1-5-10(8)6-2-4-8/h1,5H,2-4,6H2,(H2,9,11). The molecule has 0 spiro atoms. The Morgan fingerprint density at radius 2 is 2.45 bits per heavy atom. The van der Waals surface area contributed by atoms with Crippen LogP contribution in [0.2, 0.25) is 0 Å². The van der Waals surface area contributed by atoms with Gasteiger partial charge >= 0.3 is 0 Å². The SMILES string of the molecule is NC(=S)C12CC=CN1CCC2. The Hall–Kier alpha value is -0.570. The molecule has 2 aliphatic heterocycles. The Morgan fingerprint density at radius 3 is 3.09 bits per heavy atom. The van der Waals surface area contributed by atoms with E-state index in [0.29, 0.717) is 4.99 Å². The van der Waals surface area contributed by atoms with E-state index in [1.54, 1.807) is 0 Å². The van der Waals surface area contributed by atoms with Gasteiger partial charge in [0.1, 0.15) is 0 Å². The summed E-state index contributed by atoms with van der Waals surface area (Å²) in [5.41, 5.74) is 5.76. The molecule has 2 heterocycles. The van der Waals surface area contributed by atoms with Crippen LogP contribution < -0.4 is 5.73 Å². The normalized spacial score (nSPS) is 34.4. The number of fused-ring (bicyclic) bond motifs is 1. The van der Waals surface area contributed by atoms with Gasteiger partial charge in [0.25, 0.3) is 0 Å². The summed E-state index contributed by atoms with van der Waals surface area (Å²) in [5, 5.41) is 0. The summed E-state index contributed by atoms with van der Waals surface area (Å²) in [4.78, 5) is 2.95. The van der Waals surface area contributed by atoms with E-state index in [1.807, 2.05) is 0 Å². The molecular formula is C8H12N2S. The summed E-state index contributed by atoms with van der Waals surface area (Å²) in [6.07, 6.45) is 7.67. The smallest absolute Gasteiger partial charge is 0.0991 e. The van der Waals surface area contributed by atoms with Crippen LogP contribution in [-0.4, -0.2) is 22.0 Å². The largest absolute Gasteiger partial charge is 0.391 e. The zero-order chi connectivity index (χ0) is 7.90. The maximum absolute atomic E-state index is 5.72. The van der Waals surface area contributed by atoms with Gasteiger partial charge in [-0.1, -0.05) is 18.3 Å². The topological polar surface area (TPSA) is 29.3 Å². The maximum atomic E-state index is 5.72. The summed E-state index contributed by atoms with van der Waals surface area (Å²) < 4.78 is 0. The fourth-order valence-corrected chi connectivity index (χ4v) is 2.38. The predicted molar refractivity (Wildman–Crippen MR) is 49.2 cm³/mol. The lowest BCUT2D eigenvalue weighted by Crippen LogP contribution is -2.47. The van der Waals surface area contributed by atoms with Crippen molar-refractivity contribution >= 4 is 17.2 Å². The number of nitrogens with zero attached hydrogens (tertiary/aromatic N) is 1. The fourth-order valence-electron chi connectivity index (χ4n) is 2.08. The maximum Gasteiger partial charge on any atom is 0.0991 e. The Morgan fingerprint density at radius 1 is 1.64 bits per heavy atom. The first kappa shape index (κ1) is 7.10. The van der Waals surface area contributed by atoms with Crippen LogP contribution in [0, 0.1) is 0 Å². The minimum atomic E-state index is 0.0370. The highest BCUT2D eigenvalue weighted by molar-refractivity contribution is 7.80. The molecule has 0 aliphatic carbocycles. The number of nitrogens with two attached hydrogens (primary N) is 1. The fraction of sp³-hybridized carbons (Fsp3) is 0.625. The summed E-state index contributed by atoms with van der Waals surface area (Å²) >= 11 is 5.08. The molecule has 0 saturated carbocycles. The van der Waals surface area contributed by atoms with Crippen LogP contribution in [0.3, 0.4) is 0 Å². The van der Waals surface area contributed by atoms with Crippen LogP contribution in [0.15, 0.2) is 12.3 Å². The van der Waals surface area contributed by atoms with Crippen molar-refractivity contribution < 1.29 is 0 Å². The second kappa shape index (κ2) is 2.21. The van der Waals surface area contributed by atoms with E-state index in [4.69, 9.17) is 18.0 Å². The lowest BCUT2D eigenvalue weighted by Gasteiger charge is -2.31. The summed E-state index contributed by atoms with van der Waals surface area (Å²) in [6, 6.07) is 0. The highest BCUT2D eigenvalue weighted by atomic mass is 32.1. The van der Waals surface area contributed by atoms with Crippen molar-refractivity contribution in [2.45, 2.75) is 24.8 Å². The first-order valence-electron chi connectivity index (χ1n) is 3.99. The van der Waals surface area contributed by atoms with Crippen LogP contribution >= 0.6 is 12.2 Å². The molecule has 0 bridgehead atoms. The Bertz CT molecular complexity index is 224. The molecule has 1 unspecified atom stereocenters. The average molecular weight is 168 g/mol.